The predicted octanol–water partition coefficient (Wildman–Crippen LogP) is 1.69. The first kappa shape index (κ1) is 20.3. The molecular weight excluding hydrogens is 432 g/mol. The molecule has 2 N–H and O–H groups in total. The Bertz CT molecular complexity index is 1160. The highest BCUT2D eigenvalue weighted by Gasteiger charge is 2.24. The zero-order valence-corrected chi connectivity index (χ0v) is 17.8. The highest BCUT2D eigenvalue weighted by Crippen LogP contribution is 2.32. The van der Waals surface area contributed by atoms with E-state index in [1.807, 2.05) is 18.2 Å². The third-order valence-electron chi connectivity index (χ3n) is 4.87. The number of rotatable bonds is 8. The maximum atomic E-state index is 12.3. The molecule has 0 spiro atoms. The Hall–Kier alpha value is -3.60. The molecule has 3 aromatic rings. The summed E-state index contributed by atoms with van der Waals surface area (Å²) in [5, 5.41) is 10.7. The number of nitrogens with one attached hydrogen (secondary N) is 2. The maximum Gasteiger partial charge on any atom is 0.272 e. The maximum absolute atomic E-state index is 12.3. The molecule has 1 saturated carbocycles. The molecule has 11 heteroatoms. The van der Waals surface area contributed by atoms with E-state index in [-0.39, 0.29) is 30.4 Å². The number of carbonyl (C=O) groups excluding carboxylic acids is 2. The average molecular weight is 452 g/mol. The van der Waals surface area contributed by atoms with Gasteiger partial charge in [0.25, 0.3) is 5.91 Å². The molecule has 0 atom stereocenters. The number of aromatic nitrogens is 4. The van der Waals surface area contributed by atoms with Gasteiger partial charge in [-0.3, -0.25) is 9.59 Å². The van der Waals surface area contributed by atoms with Crippen LogP contribution in [0.4, 0.5) is 0 Å². The van der Waals surface area contributed by atoms with Gasteiger partial charge in [0.05, 0.1) is 5.75 Å². The van der Waals surface area contributed by atoms with Crippen molar-refractivity contribution in [3.8, 4) is 17.3 Å². The first-order chi connectivity index (χ1) is 15.6. The zero-order valence-electron chi connectivity index (χ0n) is 17.0. The van der Waals surface area contributed by atoms with E-state index in [2.05, 4.69) is 25.7 Å². The quantitative estimate of drug-likeness (QED) is 0.391. The van der Waals surface area contributed by atoms with Crippen molar-refractivity contribution in [3.05, 3.63) is 54.1 Å². The van der Waals surface area contributed by atoms with Crippen molar-refractivity contribution >= 4 is 23.6 Å². The molecule has 5 rings (SSSR count). The predicted molar refractivity (Wildman–Crippen MR) is 115 cm³/mol. The summed E-state index contributed by atoms with van der Waals surface area (Å²) >= 11 is 1.29. The lowest BCUT2D eigenvalue weighted by atomic mass is 10.2. The summed E-state index contributed by atoms with van der Waals surface area (Å²) in [4.78, 5) is 32.8. The van der Waals surface area contributed by atoms with E-state index in [0.717, 1.165) is 18.4 Å². The van der Waals surface area contributed by atoms with Crippen LogP contribution in [0.25, 0.3) is 5.82 Å². The van der Waals surface area contributed by atoms with Crippen molar-refractivity contribution in [1.29, 1.82) is 0 Å². The molecule has 10 nitrogen and oxygen atoms in total. The van der Waals surface area contributed by atoms with Crippen LogP contribution in [0.5, 0.6) is 11.5 Å². The lowest BCUT2D eigenvalue weighted by Gasteiger charge is -2.07. The summed E-state index contributed by atoms with van der Waals surface area (Å²) in [7, 11) is 0. The highest BCUT2D eigenvalue weighted by molar-refractivity contribution is 7.99. The van der Waals surface area contributed by atoms with E-state index in [1.54, 1.807) is 18.3 Å². The summed E-state index contributed by atoms with van der Waals surface area (Å²) in [6, 6.07) is 9.22. The van der Waals surface area contributed by atoms with E-state index >= 15 is 0 Å². The van der Waals surface area contributed by atoms with Crippen molar-refractivity contribution in [2.45, 2.75) is 30.5 Å². The minimum atomic E-state index is -0.186. The van der Waals surface area contributed by atoms with Crippen molar-refractivity contribution in [1.82, 2.24) is 30.4 Å². The lowest BCUT2D eigenvalue weighted by Crippen LogP contribution is -2.25. The summed E-state index contributed by atoms with van der Waals surface area (Å²) in [5.74, 6) is 1.82. The van der Waals surface area contributed by atoms with Gasteiger partial charge in [-0.25, -0.2) is 14.6 Å². The fraction of sp³-hybridized carbons (Fsp3) is 0.286. The summed E-state index contributed by atoms with van der Waals surface area (Å²) in [6.07, 6.45) is 5.12. The monoisotopic (exact) mass is 452 g/mol. The van der Waals surface area contributed by atoms with Gasteiger partial charge in [-0.1, -0.05) is 17.8 Å². The number of benzene rings is 1. The third kappa shape index (κ3) is 4.83. The van der Waals surface area contributed by atoms with Crippen LogP contribution in [-0.4, -0.2) is 50.2 Å². The molecule has 0 saturated heterocycles. The van der Waals surface area contributed by atoms with Crippen LogP contribution in [0.2, 0.25) is 0 Å². The van der Waals surface area contributed by atoms with Crippen LogP contribution in [0.1, 0.15) is 28.9 Å². The van der Waals surface area contributed by atoms with Crippen LogP contribution in [0.3, 0.4) is 0 Å². The van der Waals surface area contributed by atoms with E-state index in [1.165, 1.54) is 22.8 Å². The van der Waals surface area contributed by atoms with Gasteiger partial charge in [0, 0.05) is 24.8 Å². The van der Waals surface area contributed by atoms with E-state index in [9.17, 15) is 9.59 Å². The average Bonchev–Trinajstić information content (AvgIpc) is 3.28. The Labute approximate surface area is 187 Å². The number of carbonyl (C=O) groups is 2. The van der Waals surface area contributed by atoms with Gasteiger partial charge in [-0.05, 0) is 36.6 Å². The second kappa shape index (κ2) is 8.87. The normalized spacial score (nSPS) is 14.2. The van der Waals surface area contributed by atoms with Crippen LogP contribution >= 0.6 is 11.8 Å². The molecular formula is C21H20N6O4S. The molecule has 0 radical (unpaired) electrons. The standard InChI is InChI=1S/C21H20N6O4S/c28-19(22-9-13-1-4-16-17(7-13)31-12-30-16)10-32-20-8-18(23-11-24-20)27-6-5-15(26-27)21(29)25-14-2-3-14/h1,4-8,11,14H,2-3,9-10,12H2,(H,22,28)(H,25,29). The second-order valence-electron chi connectivity index (χ2n) is 7.36. The third-order valence-corrected chi connectivity index (χ3v) is 5.80. The van der Waals surface area contributed by atoms with Crippen LogP contribution in [0.15, 0.2) is 47.9 Å². The fourth-order valence-electron chi connectivity index (χ4n) is 3.04. The van der Waals surface area contributed by atoms with Gasteiger partial charge in [-0.2, -0.15) is 5.10 Å². The smallest absolute Gasteiger partial charge is 0.272 e. The molecule has 3 heterocycles. The molecule has 0 bridgehead atoms. The fourth-order valence-corrected chi connectivity index (χ4v) is 3.73. The molecule has 1 aromatic carbocycles. The van der Waals surface area contributed by atoms with E-state index in [0.29, 0.717) is 34.6 Å². The number of thioether (sulfide) groups is 1. The van der Waals surface area contributed by atoms with Gasteiger partial charge in [0.15, 0.2) is 23.0 Å². The molecule has 1 fully saturated rings. The van der Waals surface area contributed by atoms with Gasteiger partial charge >= 0.3 is 0 Å². The Kier molecular flexibility index (Phi) is 5.63. The van der Waals surface area contributed by atoms with Crippen LogP contribution in [0, 0.1) is 0 Å². The van der Waals surface area contributed by atoms with Crippen molar-refractivity contribution in [2.24, 2.45) is 0 Å². The summed E-state index contributed by atoms with van der Waals surface area (Å²) < 4.78 is 12.2. The zero-order chi connectivity index (χ0) is 21.9. The van der Waals surface area contributed by atoms with Crippen molar-refractivity contribution < 1.29 is 19.1 Å². The largest absolute Gasteiger partial charge is 0.454 e. The number of hydrogen-bond acceptors (Lipinski definition) is 8. The molecule has 2 amide bonds. The van der Waals surface area contributed by atoms with E-state index in [4.69, 9.17) is 9.47 Å². The molecule has 1 aliphatic carbocycles. The topological polar surface area (TPSA) is 120 Å². The number of fused-ring (bicyclic) bond motifs is 1. The molecule has 1 aliphatic heterocycles. The molecule has 164 valence electrons. The van der Waals surface area contributed by atoms with Gasteiger partial charge in [-0.15, -0.1) is 0 Å². The van der Waals surface area contributed by atoms with Crippen LogP contribution in [-0.2, 0) is 11.3 Å². The van der Waals surface area contributed by atoms with Gasteiger partial charge < -0.3 is 20.1 Å². The molecule has 32 heavy (non-hydrogen) atoms. The number of hydrogen-bond donors (Lipinski definition) is 2. The number of ether oxygens (including phenoxy) is 2. The second-order valence-corrected chi connectivity index (χ2v) is 8.36. The van der Waals surface area contributed by atoms with E-state index < -0.39 is 0 Å². The summed E-state index contributed by atoms with van der Waals surface area (Å²) in [6.45, 7) is 0.611. The van der Waals surface area contributed by atoms with Crippen LogP contribution < -0.4 is 20.1 Å². The number of amides is 2. The first-order valence-electron chi connectivity index (χ1n) is 10.1. The first-order valence-corrected chi connectivity index (χ1v) is 11.1. The Morgan fingerprint density at radius 3 is 2.88 bits per heavy atom. The summed E-state index contributed by atoms with van der Waals surface area (Å²) in [5.41, 5.74) is 1.27. The Balaban J connectivity index is 1.14. The lowest BCUT2D eigenvalue weighted by molar-refractivity contribution is -0.118. The van der Waals surface area contributed by atoms with Gasteiger partial charge in [0.1, 0.15) is 11.4 Å². The molecule has 0 unspecified atom stereocenters. The molecule has 2 aliphatic rings. The van der Waals surface area contributed by atoms with Gasteiger partial charge in [0.2, 0.25) is 12.7 Å². The SMILES string of the molecule is O=C(CSc1cc(-n2ccc(C(=O)NC3CC3)n2)ncn1)NCc1ccc2c(c1)OCO2. The number of nitrogens with zero attached hydrogens (tertiary/aromatic N) is 4. The van der Waals surface area contributed by atoms with Crippen molar-refractivity contribution in [2.75, 3.05) is 12.5 Å². The molecule has 2 aromatic heterocycles. The van der Waals surface area contributed by atoms with Crippen molar-refractivity contribution in [3.63, 3.8) is 0 Å². The minimum Gasteiger partial charge on any atom is -0.454 e. The Morgan fingerprint density at radius 2 is 2.00 bits per heavy atom. The Morgan fingerprint density at radius 1 is 1.12 bits per heavy atom. The highest BCUT2D eigenvalue weighted by atomic mass is 32.2. The minimum absolute atomic E-state index is 0.119.